The van der Waals surface area contributed by atoms with Gasteiger partial charge in [-0.3, -0.25) is 4.99 Å². The van der Waals surface area contributed by atoms with Gasteiger partial charge in [0.15, 0.2) is 5.92 Å². The van der Waals surface area contributed by atoms with Gasteiger partial charge >= 0.3 is 5.97 Å². The summed E-state index contributed by atoms with van der Waals surface area (Å²) in [5, 5.41) is 9.27. The number of benzene rings is 2. The number of hydrogen-bond acceptors (Lipinski definition) is 4. The van der Waals surface area contributed by atoms with Crippen molar-refractivity contribution in [3.05, 3.63) is 59.7 Å². The molecule has 0 saturated carbocycles. The number of hydrogen-bond donors (Lipinski definition) is 0. The maximum atomic E-state index is 11.9. The zero-order valence-corrected chi connectivity index (χ0v) is 11.4. The van der Waals surface area contributed by atoms with Crippen LogP contribution in [-0.2, 0) is 4.79 Å². The van der Waals surface area contributed by atoms with Crippen LogP contribution in [-0.4, -0.2) is 11.7 Å². The van der Waals surface area contributed by atoms with E-state index in [-0.39, 0.29) is 0 Å². The van der Waals surface area contributed by atoms with Gasteiger partial charge in [-0.1, -0.05) is 30.3 Å². The van der Waals surface area contributed by atoms with Gasteiger partial charge in [0, 0.05) is 5.56 Å². The minimum Gasteiger partial charge on any atom is -0.425 e. The molecule has 0 radical (unpaired) electrons. The quantitative estimate of drug-likeness (QED) is 0.593. The molecule has 4 nitrogen and oxygen atoms in total. The molecular formula is C17H12N2O2. The number of aliphatic imine (C=N–C) groups is 1. The van der Waals surface area contributed by atoms with Gasteiger partial charge in [0.1, 0.15) is 5.75 Å². The predicted octanol–water partition coefficient (Wildman–Crippen LogP) is 3.17. The van der Waals surface area contributed by atoms with Gasteiger partial charge in [-0.05, 0) is 30.7 Å². The Balaban J connectivity index is 2.21. The summed E-state index contributed by atoms with van der Waals surface area (Å²) < 4.78 is 5.19. The smallest absolute Gasteiger partial charge is 0.335 e. The monoisotopic (exact) mass is 276 g/mol. The normalized spacial score (nSPS) is 18.8. The maximum absolute atomic E-state index is 11.9. The zero-order chi connectivity index (χ0) is 14.8. The Hall–Kier alpha value is -2.93. The lowest BCUT2D eigenvalue weighted by molar-refractivity contribution is -0.135. The van der Waals surface area contributed by atoms with E-state index in [1.165, 1.54) is 0 Å². The van der Waals surface area contributed by atoms with Gasteiger partial charge in [0.2, 0.25) is 0 Å². The number of nitrogens with zero attached hydrogens (tertiary/aromatic N) is 2. The van der Waals surface area contributed by atoms with Crippen LogP contribution in [0.3, 0.4) is 0 Å². The lowest BCUT2D eigenvalue weighted by Crippen LogP contribution is -2.32. The van der Waals surface area contributed by atoms with Crippen LogP contribution < -0.4 is 4.74 Å². The second-order valence-electron chi connectivity index (χ2n) is 4.76. The van der Waals surface area contributed by atoms with Crippen LogP contribution >= 0.6 is 0 Å². The van der Waals surface area contributed by atoms with Crippen molar-refractivity contribution in [2.75, 3.05) is 0 Å². The molecule has 1 unspecified atom stereocenters. The van der Waals surface area contributed by atoms with Gasteiger partial charge < -0.3 is 4.74 Å². The third-order valence-electron chi connectivity index (χ3n) is 3.37. The highest BCUT2D eigenvalue weighted by Crippen LogP contribution is 2.30. The number of aryl methyl sites for hydroxylation is 1. The van der Waals surface area contributed by atoms with Crippen LogP contribution in [0.1, 0.15) is 11.1 Å². The average Bonchev–Trinajstić information content (AvgIpc) is 2.49. The first kappa shape index (κ1) is 13.1. The molecule has 0 amide bonds. The van der Waals surface area contributed by atoms with E-state index in [1.54, 1.807) is 12.1 Å². The van der Waals surface area contributed by atoms with Gasteiger partial charge in [-0.15, -0.1) is 0 Å². The van der Waals surface area contributed by atoms with Crippen molar-refractivity contribution in [2.45, 2.75) is 6.92 Å². The zero-order valence-electron chi connectivity index (χ0n) is 11.4. The Kier molecular flexibility index (Phi) is 3.25. The van der Waals surface area contributed by atoms with Crippen LogP contribution in [0.15, 0.2) is 53.5 Å². The summed E-state index contributed by atoms with van der Waals surface area (Å²) in [6.07, 6.45) is 0. The molecule has 2 aromatic carbocycles. The highest BCUT2D eigenvalue weighted by atomic mass is 16.5. The van der Waals surface area contributed by atoms with Crippen molar-refractivity contribution in [3.8, 4) is 11.8 Å². The van der Waals surface area contributed by atoms with E-state index in [2.05, 4.69) is 4.99 Å². The minimum absolute atomic E-state index is 0.443. The summed E-state index contributed by atoms with van der Waals surface area (Å²) in [7, 11) is 0. The fraction of sp³-hybridized carbons (Fsp3) is 0.118. The number of rotatable bonds is 1. The molecule has 0 aliphatic carbocycles. The lowest BCUT2D eigenvalue weighted by atomic mass is 9.94. The predicted molar refractivity (Wildman–Crippen MR) is 78.6 cm³/mol. The van der Waals surface area contributed by atoms with Crippen LogP contribution in [0.4, 0.5) is 5.69 Å². The molecule has 0 fully saturated rings. The summed E-state index contributed by atoms with van der Waals surface area (Å²) in [5.74, 6) is -1.13. The van der Waals surface area contributed by atoms with Crippen molar-refractivity contribution in [1.82, 2.24) is 0 Å². The molecule has 4 heteroatoms. The van der Waals surface area contributed by atoms with E-state index in [0.717, 1.165) is 11.3 Å². The lowest BCUT2D eigenvalue weighted by Gasteiger charge is -2.21. The SMILES string of the molecule is Cc1ccccc1N=C1c2ccccc2OC(=O)C1C#N. The molecule has 0 spiro atoms. The summed E-state index contributed by atoms with van der Waals surface area (Å²) >= 11 is 0. The van der Waals surface area contributed by atoms with Crippen molar-refractivity contribution >= 4 is 17.4 Å². The van der Waals surface area contributed by atoms with Crippen molar-refractivity contribution in [3.63, 3.8) is 0 Å². The molecule has 1 atom stereocenters. The molecule has 2 aromatic rings. The first-order valence-corrected chi connectivity index (χ1v) is 6.55. The number of carbonyl (C=O) groups excluding carboxylic acids is 1. The molecule has 1 heterocycles. The third-order valence-corrected chi connectivity index (χ3v) is 3.37. The Bertz CT molecular complexity index is 787. The number of para-hydroxylation sites is 2. The molecule has 0 saturated heterocycles. The number of fused-ring (bicyclic) bond motifs is 1. The van der Waals surface area contributed by atoms with Crippen molar-refractivity contribution in [2.24, 2.45) is 10.9 Å². The standard InChI is InChI=1S/C17H12N2O2/c1-11-6-2-4-8-14(11)19-16-12-7-3-5-9-15(12)21-17(20)13(16)10-18/h2-9,13H,1H3. The minimum atomic E-state index is -1.00. The Labute approximate surface area is 122 Å². The number of ether oxygens (including phenoxy) is 1. The molecule has 21 heavy (non-hydrogen) atoms. The number of nitriles is 1. The fourth-order valence-corrected chi connectivity index (χ4v) is 2.26. The van der Waals surface area contributed by atoms with Crippen LogP contribution in [0.2, 0.25) is 0 Å². The summed E-state index contributed by atoms with van der Waals surface area (Å²) in [5.41, 5.74) is 2.86. The Morgan fingerprint density at radius 2 is 1.86 bits per heavy atom. The molecule has 1 aliphatic rings. The second kappa shape index (κ2) is 5.22. The van der Waals surface area contributed by atoms with Crippen LogP contribution in [0.5, 0.6) is 5.75 Å². The highest BCUT2D eigenvalue weighted by molar-refractivity contribution is 6.18. The molecule has 0 N–H and O–H groups in total. The van der Waals surface area contributed by atoms with E-state index >= 15 is 0 Å². The third kappa shape index (κ3) is 2.30. The van der Waals surface area contributed by atoms with Gasteiger partial charge in [-0.2, -0.15) is 5.26 Å². The fourth-order valence-electron chi connectivity index (χ4n) is 2.26. The molecule has 3 rings (SSSR count). The van der Waals surface area contributed by atoms with Crippen molar-refractivity contribution < 1.29 is 9.53 Å². The molecule has 0 bridgehead atoms. The maximum Gasteiger partial charge on any atom is 0.335 e. The van der Waals surface area contributed by atoms with Crippen LogP contribution in [0, 0.1) is 24.2 Å². The van der Waals surface area contributed by atoms with Crippen molar-refractivity contribution in [1.29, 1.82) is 5.26 Å². The first-order valence-electron chi connectivity index (χ1n) is 6.55. The molecule has 0 aromatic heterocycles. The Morgan fingerprint density at radius 1 is 1.14 bits per heavy atom. The van der Waals surface area contributed by atoms with E-state index in [9.17, 15) is 10.1 Å². The highest BCUT2D eigenvalue weighted by Gasteiger charge is 2.34. The number of esters is 1. The van der Waals surface area contributed by atoms with Gasteiger partial charge in [0.25, 0.3) is 0 Å². The van der Waals surface area contributed by atoms with E-state index in [0.29, 0.717) is 17.0 Å². The molecular weight excluding hydrogens is 264 g/mol. The van der Waals surface area contributed by atoms with Gasteiger partial charge in [-0.25, -0.2) is 4.79 Å². The van der Waals surface area contributed by atoms with E-state index in [1.807, 2.05) is 49.4 Å². The topological polar surface area (TPSA) is 62.4 Å². The Morgan fingerprint density at radius 3 is 2.62 bits per heavy atom. The largest absolute Gasteiger partial charge is 0.425 e. The average molecular weight is 276 g/mol. The van der Waals surface area contributed by atoms with Gasteiger partial charge in [0.05, 0.1) is 17.5 Å². The first-order chi connectivity index (χ1) is 10.2. The summed E-state index contributed by atoms with van der Waals surface area (Å²) in [4.78, 5) is 16.5. The molecule has 1 aliphatic heterocycles. The van der Waals surface area contributed by atoms with E-state index in [4.69, 9.17) is 4.74 Å². The van der Waals surface area contributed by atoms with Crippen LogP contribution in [0.25, 0.3) is 0 Å². The summed E-state index contributed by atoms with van der Waals surface area (Å²) in [6.45, 7) is 1.94. The van der Waals surface area contributed by atoms with E-state index < -0.39 is 11.9 Å². The number of carbonyl (C=O) groups is 1. The molecule has 102 valence electrons. The second-order valence-corrected chi connectivity index (χ2v) is 4.76. The summed E-state index contributed by atoms with van der Waals surface area (Å²) in [6, 6.07) is 16.7.